The van der Waals surface area contributed by atoms with Crippen molar-refractivity contribution in [2.45, 2.75) is 55.7 Å². The second kappa shape index (κ2) is 12.1. The van der Waals surface area contributed by atoms with Gasteiger partial charge in [0.05, 0.1) is 28.9 Å². The minimum absolute atomic E-state index is 0.0778. The summed E-state index contributed by atoms with van der Waals surface area (Å²) in [6, 6.07) is 10.9. The third-order valence-electron chi connectivity index (χ3n) is 9.72. The Balaban J connectivity index is 1.12. The molecule has 12 heteroatoms. The first-order chi connectivity index (χ1) is 21.0. The predicted octanol–water partition coefficient (Wildman–Crippen LogP) is 6.00. The van der Waals surface area contributed by atoms with Crippen LogP contribution in [-0.2, 0) is 25.9 Å². The van der Waals surface area contributed by atoms with Crippen LogP contribution in [0.15, 0.2) is 54.3 Å². The number of benzene rings is 2. The summed E-state index contributed by atoms with van der Waals surface area (Å²) in [4.78, 5) is 32.2. The molecule has 0 aliphatic carbocycles. The van der Waals surface area contributed by atoms with E-state index in [1.165, 1.54) is 6.07 Å². The highest BCUT2D eigenvalue weighted by molar-refractivity contribution is 6.42. The third kappa shape index (κ3) is 5.88. The molecule has 1 atom stereocenters. The van der Waals surface area contributed by atoms with Crippen molar-refractivity contribution in [2.24, 2.45) is 0 Å². The van der Waals surface area contributed by atoms with Gasteiger partial charge < -0.3 is 24.8 Å². The fourth-order valence-corrected chi connectivity index (χ4v) is 7.54. The highest BCUT2D eigenvalue weighted by Gasteiger charge is 2.51. The van der Waals surface area contributed by atoms with E-state index in [1.807, 2.05) is 23.1 Å². The van der Waals surface area contributed by atoms with Gasteiger partial charge in [-0.25, -0.2) is 0 Å². The molecule has 1 N–H and O–H groups in total. The molecule has 2 aromatic rings. The molecule has 0 radical (unpaired) electrons. The van der Waals surface area contributed by atoms with Crippen molar-refractivity contribution in [3.05, 3.63) is 75.5 Å². The topological polar surface area (TPSA) is 65.1 Å². The number of hydrogen-bond acceptors (Lipinski definition) is 5. The first kappa shape index (κ1) is 31.0. The van der Waals surface area contributed by atoms with Crippen LogP contribution in [-0.4, -0.2) is 73.2 Å². The van der Waals surface area contributed by atoms with E-state index < -0.39 is 17.3 Å². The lowest BCUT2D eigenvalue weighted by Crippen LogP contribution is -2.56. The highest BCUT2D eigenvalue weighted by atomic mass is 35.5. The molecule has 4 aliphatic heterocycles. The molecule has 0 bridgehead atoms. The number of halogens is 5. The van der Waals surface area contributed by atoms with Crippen LogP contribution in [0.4, 0.5) is 18.9 Å². The van der Waals surface area contributed by atoms with Crippen LogP contribution >= 0.6 is 23.2 Å². The van der Waals surface area contributed by atoms with Gasteiger partial charge in [0, 0.05) is 43.7 Å². The molecule has 2 aromatic carbocycles. The number of nitrogens with one attached hydrogen (secondary N) is 1. The van der Waals surface area contributed by atoms with Gasteiger partial charge in [0.25, 0.3) is 5.91 Å². The van der Waals surface area contributed by atoms with Crippen LogP contribution in [0.1, 0.15) is 49.7 Å². The minimum atomic E-state index is -4.45. The summed E-state index contributed by atoms with van der Waals surface area (Å²) in [6.45, 7) is 3.99. The van der Waals surface area contributed by atoms with E-state index in [4.69, 9.17) is 27.9 Å². The Labute approximate surface area is 264 Å². The first-order valence-corrected chi connectivity index (χ1v) is 15.8. The van der Waals surface area contributed by atoms with Gasteiger partial charge in [-0.1, -0.05) is 35.3 Å². The summed E-state index contributed by atoms with van der Waals surface area (Å²) < 4.78 is 45.8. The summed E-state index contributed by atoms with van der Waals surface area (Å²) >= 11 is 12.7. The quantitative estimate of drug-likeness (QED) is 0.399. The molecule has 2 amide bonds. The number of piperidine rings is 1. The van der Waals surface area contributed by atoms with Gasteiger partial charge in [0.2, 0.25) is 5.91 Å². The summed E-state index contributed by atoms with van der Waals surface area (Å²) in [5.74, 6) is 0.212. The number of amides is 2. The Morgan fingerprint density at radius 1 is 1.02 bits per heavy atom. The number of ether oxygens (including phenoxy) is 1. The average molecular weight is 652 g/mol. The number of carbonyl (C=O) groups excluding carboxylic acids is 2. The van der Waals surface area contributed by atoms with E-state index in [-0.39, 0.29) is 23.9 Å². The maximum absolute atomic E-state index is 13.4. The fourth-order valence-electron chi connectivity index (χ4n) is 7.24. The number of carbonyl (C=O) groups is 2. The molecular formula is C32H35Cl2F3N4O3. The van der Waals surface area contributed by atoms with Crippen molar-refractivity contribution >= 4 is 40.7 Å². The maximum atomic E-state index is 13.4. The molecule has 7 nitrogen and oxygen atoms in total. The first-order valence-electron chi connectivity index (χ1n) is 15.0. The maximum Gasteiger partial charge on any atom is 0.416 e. The molecule has 0 aromatic heterocycles. The van der Waals surface area contributed by atoms with E-state index in [2.05, 4.69) is 10.2 Å². The molecule has 1 spiro atoms. The molecule has 3 fully saturated rings. The molecular weight excluding hydrogens is 616 g/mol. The number of hydrogen-bond donors (Lipinski definition) is 1. The molecule has 3 saturated heterocycles. The van der Waals surface area contributed by atoms with Crippen molar-refractivity contribution < 1.29 is 27.5 Å². The standard InChI is InChI=1S/C32H35Cl2F3N4O3/c33-25-8-7-22(19-26(25)34)30(10-16-40(20-30)28(42)27-6-2-17-44-27)9-3-13-39-14-11-31(12-15-39)29(43)38-21-41(31)24-5-1-4-23(18-24)32(35,36)37/h1,4-8,18-19H,2-3,9-17,20-21H2,(H,38,43). The zero-order valence-corrected chi connectivity index (χ0v) is 25.8. The molecule has 4 aliphatic rings. The SMILES string of the molecule is O=C(C1=CCCO1)N1CCC(CCCN2CCC3(CC2)C(=O)NCN3c2cccc(C(F)(F)F)c2)(c2ccc(Cl)c(Cl)c2)C1. The van der Waals surface area contributed by atoms with Gasteiger partial charge in [-0.05, 0) is 80.6 Å². The normalized spacial score (nSPS) is 23.7. The second-order valence-electron chi connectivity index (χ2n) is 12.2. The fraction of sp³-hybridized carbons (Fsp3) is 0.500. The van der Waals surface area contributed by atoms with Gasteiger partial charge >= 0.3 is 6.18 Å². The van der Waals surface area contributed by atoms with E-state index in [1.54, 1.807) is 17.0 Å². The van der Waals surface area contributed by atoms with Crippen molar-refractivity contribution in [3.8, 4) is 0 Å². The average Bonchev–Trinajstić information content (AvgIpc) is 3.76. The number of likely N-dealkylation sites (tertiary alicyclic amines) is 2. The zero-order valence-electron chi connectivity index (χ0n) is 24.3. The van der Waals surface area contributed by atoms with Crippen LogP contribution in [0.25, 0.3) is 0 Å². The summed E-state index contributed by atoms with van der Waals surface area (Å²) in [7, 11) is 0. The summed E-state index contributed by atoms with van der Waals surface area (Å²) in [5.41, 5.74) is -0.427. The van der Waals surface area contributed by atoms with E-state index >= 15 is 0 Å². The summed E-state index contributed by atoms with van der Waals surface area (Å²) in [5, 5.41) is 3.84. The van der Waals surface area contributed by atoms with Gasteiger partial charge in [-0.15, -0.1) is 0 Å². The Hall–Kier alpha value is -2.95. The van der Waals surface area contributed by atoms with Gasteiger partial charge in [0.15, 0.2) is 5.76 Å². The molecule has 1 unspecified atom stereocenters. The largest absolute Gasteiger partial charge is 0.488 e. The van der Waals surface area contributed by atoms with Crippen molar-refractivity contribution in [2.75, 3.05) is 50.9 Å². The lowest BCUT2D eigenvalue weighted by atomic mass is 9.76. The van der Waals surface area contributed by atoms with Crippen LogP contribution in [0.3, 0.4) is 0 Å². The van der Waals surface area contributed by atoms with Crippen molar-refractivity contribution in [3.63, 3.8) is 0 Å². The molecule has 236 valence electrons. The highest BCUT2D eigenvalue weighted by Crippen LogP contribution is 2.42. The molecule has 4 heterocycles. The number of alkyl halides is 3. The zero-order chi connectivity index (χ0) is 31.1. The summed E-state index contributed by atoms with van der Waals surface area (Å²) in [6.07, 6.45) is 1.65. The van der Waals surface area contributed by atoms with Crippen LogP contribution in [0.5, 0.6) is 0 Å². The minimum Gasteiger partial charge on any atom is -0.488 e. The number of rotatable bonds is 7. The Kier molecular flexibility index (Phi) is 8.54. The Morgan fingerprint density at radius 2 is 1.82 bits per heavy atom. The van der Waals surface area contributed by atoms with Crippen LogP contribution in [0, 0.1) is 0 Å². The molecule has 0 saturated carbocycles. The van der Waals surface area contributed by atoms with Gasteiger partial charge in [0.1, 0.15) is 5.54 Å². The molecule has 44 heavy (non-hydrogen) atoms. The van der Waals surface area contributed by atoms with Crippen molar-refractivity contribution in [1.29, 1.82) is 0 Å². The lowest BCUT2D eigenvalue weighted by Gasteiger charge is -2.43. The van der Waals surface area contributed by atoms with Crippen LogP contribution in [0.2, 0.25) is 10.0 Å². The second-order valence-corrected chi connectivity index (χ2v) is 13.0. The van der Waals surface area contributed by atoms with E-state index in [9.17, 15) is 22.8 Å². The van der Waals surface area contributed by atoms with Gasteiger partial charge in [-0.2, -0.15) is 13.2 Å². The monoisotopic (exact) mass is 650 g/mol. The Bertz CT molecular complexity index is 1460. The van der Waals surface area contributed by atoms with Crippen molar-refractivity contribution in [1.82, 2.24) is 15.1 Å². The lowest BCUT2D eigenvalue weighted by molar-refractivity contribution is -0.137. The van der Waals surface area contributed by atoms with Crippen LogP contribution < -0.4 is 10.2 Å². The third-order valence-corrected chi connectivity index (χ3v) is 10.5. The van der Waals surface area contributed by atoms with E-state index in [0.29, 0.717) is 67.1 Å². The predicted molar refractivity (Wildman–Crippen MR) is 163 cm³/mol. The van der Waals surface area contributed by atoms with Gasteiger partial charge in [-0.3, -0.25) is 9.59 Å². The smallest absolute Gasteiger partial charge is 0.416 e. The Morgan fingerprint density at radius 3 is 2.52 bits per heavy atom. The number of anilines is 1. The number of nitrogens with zero attached hydrogens (tertiary/aromatic N) is 3. The molecule has 6 rings (SSSR count). The van der Waals surface area contributed by atoms with E-state index in [0.717, 1.165) is 49.9 Å².